The van der Waals surface area contributed by atoms with Crippen LogP contribution in [0.4, 0.5) is 0 Å². The van der Waals surface area contributed by atoms with E-state index >= 15 is 0 Å². The van der Waals surface area contributed by atoms with Crippen LogP contribution >= 0.6 is 11.8 Å². The average molecular weight is 190 g/mol. The minimum atomic E-state index is -0.114. The first-order chi connectivity index (χ1) is 5.39. The quantitative estimate of drug-likeness (QED) is 0.636. The summed E-state index contributed by atoms with van der Waals surface area (Å²) in [6.45, 7) is 8.30. The molecule has 0 amide bonds. The normalized spacial score (nSPS) is 11.8. The molecule has 0 aromatic carbocycles. The molecule has 0 spiro atoms. The molecule has 0 radical (unpaired) electrons. The van der Waals surface area contributed by atoms with E-state index in [1.54, 1.807) is 11.8 Å². The molecular weight excluding hydrogens is 172 g/mol. The fourth-order valence-corrected chi connectivity index (χ4v) is 0.647. The fraction of sp³-hybridized carbons (Fsp3) is 0.889. The van der Waals surface area contributed by atoms with Crippen molar-refractivity contribution in [3.05, 3.63) is 0 Å². The van der Waals surface area contributed by atoms with Gasteiger partial charge in [-0.05, 0) is 20.1 Å². The number of esters is 1. The Morgan fingerprint density at radius 3 is 2.33 bits per heavy atom. The van der Waals surface area contributed by atoms with E-state index in [0.29, 0.717) is 6.61 Å². The number of carbonyl (C=O) groups excluding carboxylic acids is 1. The summed E-state index contributed by atoms with van der Waals surface area (Å²) in [5.41, 5.74) is 0. The predicted molar refractivity (Wildman–Crippen MR) is 53.4 cm³/mol. The van der Waals surface area contributed by atoms with Crippen molar-refractivity contribution in [3.8, 4) is 0 Å². The third-order valence-electron chi connectivity index (χ3n) is 1.59. The first-order valence-electron chi connectivity index (χ1n) is 4.11. The van der Waals surface area contributed by atoms with Gasteiger partial charge >= 0.3 is 5.97 Å². The highest BCUT2D eigenvalue weighted by molar-refractivity contribution is 7.99. The molecule has 0 rings (SSSR count). The Balaban J connectivity index is 3.76. The number of carbonyl (C=O) groups is 1. The van der Waals surface area contributed by atoms with Crippen molar-refractivity contribution < 1.29 is 9.53 Å². The van der Waals surface area contributed by atoms with Crippen LogP contribution in [-0.2, 0) is 9.53 Å². The van der Waals surface area contributed by atoms with E-state index < -0.39 is 0 Å². The Morgan fingerprint density at radius 1 is 1.50 bits per heavy atom. The molecule has 0 aromatic heterocycles. The molecule has 2 nitrogen and oxygen atoms in total. The zero-order valence-corrected chi connectivity index (χ0v) is 9.33. The fourth-order valence-electron chi connectivity index (χ4n) is 0.471. The molecule has 0 unspecified atom stereocenters. The van der Waals surface area contributed by atoms with E-state index in [1.165, 1.54) is 0 Å². The monoisotopic (exact) mass is 190 g/mol. The molecule has 0 fully saturated rings. The van der Waals surface area contributed by atoms with Gasteiger partial charge in [0.25, 0.3) is 0 Å². The van der Waals surface area contributed by atoms with Crippen molar-refractivity contribution in [2.24, 2.45) is 5.92 Å². The Kier molecular flexibility index (Phi) is 4.68. The average Bonchev–Trinajstić information content (AvgIpc) is 2.00. The molecule has 72 valence electrons. The van der Waals surface area contributed by atoms with E-state index in [9.17, 15) is 4.79 Å². The van der Waals surface area contributed by atoms with Crippen LogP contribution in [0.5, 0.6) is 0 Å². The van der Waals surface area contributed by atoms with Crippen molar-refractivity contribution in [2.45, 2.75) is 32.4 Å². The number of hydrogen-bond donors (Lipinski definition) is 0. The van der Waals surface area contributed by atoms with Crippen molar-refractivity contribution >= 4 is 17.7 Å². The van der Waals surface area contributed by atoms with Crippen LogP contribution < -0.4 is 0 Å². The second kappa shape index (κ2) is 4.75. The molecule has 0 saturated heterocycles. The van der Waals surface area contributed by atoms with Gasteiger partial charge in [0.2, 0.25) is 0 Å². The lowest BCUT2D eigenvalue weighted by Gasteiger charge is -2.21. The molecule has 0 heterocycles. The van der Waals surface area contributed by atoms with Gasteiger partial charge in [-0.1, -0.05) is 13.8 Å². The zero-order valence-electron chi connectivity index (χ0n) is 8.51. The summed E-state index contributed by atoms with van der Waals surface area (Å²) < 4.78 is 5.13. The van der Waals surface area contributed by atoms with E-state index in [2.05, 4.69) is 13.8 Å². The molecule has 0 N–H and O–H groups in total. The Labute approximate surface area is 79.1 Å². The second-order valence-corrected chi connectivity index (χ2v) is 5.24. The van der Waals surface area contributed by atoms with E-state index in [-0.39, 0.29) is 16.6 Å². The summed E-state index contributed by atoms with van der Waals surface area (Å²) in [7, 11) is 0. The van der Waals surface area contributed by atoms with Gasteiger partial charge in [-0.3, -0.25) is 4.79 Å². The molecule has 3 heteroatoms. The second-order valence-electron chi connectivity index (χ2n) is 3.73. The zero-order chi connectivity index (χ0) is 9.78. The summed E-state index contributed by atoms with van der Waals surface area (Å²) >= 11 is 1.70. The van der Waals surface area contributed by atoms with Crippen LogP contribution in [0.2, 0.25) is 0 Å². The van der Waals surface area contributed by atoms with Gasteiger partial charge < -0.3 is 4.74 Å². The van der Waals surface area contributed by atoms with E-state index in [1.807, 2.05) is 20.1 Å². The first-order valence-corrected chi connectivity index (χ1v) is 5.33. The Bertz CT molecular complexity index is 153. The van der Waals surface area contributed by atoms with E-state index in [0.717, 1.165) is 0 Å². The Hall–Kier alpha value is -0.180. The third-order valence-corrected chi connectivity index (χ3v) is 2.81. The van der Waals surface area contributed by atoms with E-state index in [4.69, 9.17) is 4.74 Å². The number of thioether (sulfide) groups is 1. The molecule has 0 saturated carbocycles. The van der Waals surface area contributed by atoms with Gasteiger partial charge in [-0.2, -0.15) is 11.8 Å². The van der Waals surface area contributed by atoms with Crippen LogP contribution in [0, 0.1) is 5.92 Å². The minimum Gasteiger partial charge on any atom is -0.464 e. The van der Waals surface area contributed by atoms with Gasteiger partial charge in [0.1, 0.15) is 6.61 Å². The maximum atomic E-state index is 11.1. The van der Waals surface area contributed by atoms with Crippen LogP contribution in [0.15, 0.2) is 0 Å². The maximum absolute atomic E-state index is 11.1. The summed E-state index contributed by atoms with van der Waals surface area (Å²) in [6, 6.07) is 0. The molecular formula is C9H18O2S. The summed E-state index contributed by atoms with van der Waals surface area (Å²) in [5, 5.41) is 0. The van der Waals surface area contributed by atoms with Gasteiger partial charge in [0, 0.05) is 4.75 Å². The lowest BCUT2D eigenvalue weighted by Crippen LogP contribution is -2.26. The molecule has 0 atom stereocenters. The summed E-state index contributed by atoms with van der Waals surface area (Å²) in [4.78, 5) is 11.1. The van der Waals surface area contributed by atoms with Crippen LogP contribution in [0.3, 0.4) is 0 Å². The smallest absolute Gasteiger partial charge is 0.308 e. The van der Waals surface area contributed by atoms with Crippen molar-refractivity contribution in [1.29, 1.82) is 0 Å². The first kappa shape index (κ1) is 11.8. The van der Waals surface area contributed by atoms with Crippen LogP contribution in [0.25, 0.3) is 0 Å². The largest absolute Gasteiger partial charge is 0.464 e. The SMILES string of the molecule is CSC(C)(C)COC(=O)C(C)C. The molecule has 0 aliphatic carbocycles. The number of rotatable bonds is 4. The minimum absolute atomic E-state index is 0.0253. The van der Waals surface area contributed by atoms with Crippen LogP contribution in [-0.4, -0.2) is 23.6 Å². The number of ether oxygens (including phenoxy) is 1. The lowest BCUT2D eigenvalue weighted by molar-refractivity contribution is -0.147. The maximum Gasteiger partial charge on any atom is 0.308 e. The highest BCUT2D eigenvalue weighted by Crippen LogP contribution is 2.21. The third kappa shape index (κ3) is 4.65. The summed E-state index contributed by atoms with van der Waals surface area (Å²) in [5.74, 6) is -0.139. The topological polar surface area (TPSA) is 26.3 Å². The summed E-state index contributed by atoms with van der Waals surface area (Å²) in [6.07, 6.45) is 2.02. The van der Waals surface area contributed by atoms with Gasteiger partial charge in [-0.15, -0.1) is 0 Å². The van der Waals surface area contributed by atoms with Gasteiger partial charge in [0.05, 0.1) is 5.92 Å². The van der Waals surface area contributed by atoms with Crippen LogP contribution in [0.1, 0.15) is 27.7 Å². The van der Waals surface area contributed by atoms with Gasteiger partial charge in [0.15, 0.2) is 0 Å². The molecule has 0 aliphatic heterocycles. The molecule has 12 heavy (non-hydrogen) atoms. The van der Waals surface area contributed by atoms with Crippen molar-refractivity contribution in [2.75, 3.05) is 12.9 Å². The molecule has 0 aromatic rings. The molecule has 0 bridgehead atoms. The van der Waals surface area contributed by atoms with Crippen molar-refractivity contribution in [1.82, 2.24) is 0 Å². The highest BCUT2D eigenvalue weighted by atomic mass is 32.2. The van der Waals surface area contributed by atoms with Gasteiger partial charge in [-0.25, -0.2) is 0 Å². The lowest BCUT2D eigenvalue weighted by atomic mass is 10.2. The van der Waals surface area contributed by atoms with Crippen molar-refractivity contribution in [3.63, 3.8) is 0 Å². The number of hydrogen-bond acceptors (Lipinski definition) is 3. The standard InChI is InChI=1S/C9H18O2S/c1-7(2)8(10)11-6-9(3,4)12-5/h7H,6H2,1-5H3. The highest BCUT2D eigenvalue weighted by Gasteiger charge is 2.19. The molecule has 0 aliphatic rings. The Morgan fingerprint density at radius 2 is 2.00 bits per heavy atom. The predicted octanol–water partition coefficient (Wildman–Crippen LogP) is 2.33.